The Morgan fingerprint density at radius 1 is 1.43 bits per heavy atom. The molecular formula is C16H21NO3S. The number of hydrogen-bond acceptors (Lipinski definition) is 3. The van der Waals surface area contributed by atoms with E-state index in [1.807, 2.05) is 6.92 Å². The maximum atomic E-state index is 12.5. The molecule has 4 nitrogen and oxygen atoms in total. The lowest BCUT2D eigenvalue weighted by Gasteiger charge is -2.09. The van der Waals surface area contributed by atoms with Gasteiger partial charge in [-0.2, -0.15) is 0 Å². The molecule has 114 valence electrons. The third-order valence-corrected chi connectivity index (χ3v) is 5.16. The van der Waals surface area contributed by atoms with Crippen LogP contribution in [-0.4, -0.2) is 26.2 Å². The lowest BCUT2D eigenvalue weighted by Crippen LogP contribution is -2.27. The molecule has 0 heterocycles. The van der Waals surface area contributed by atoms with Gasteiger partial charge in [-0.05, 0) is 43.4 Å². The van der Waals surface area contributed by atoms with E-state index in [-0.39, 0.29) is 17.5 Å². The third-order valence-electron chi connectivity index (χ3n) is 3.62. The molecule has 1 aromatic rings. The van der Waals surface area contributed by atoms with Crippen LogP contribution in [0.15, 0.2) is 23.1 Å². The van der Waals surface area contributed by atoms with E-state index in [0.717, 1.165) is 24.8 Å². The van der Waals surface area contributed by atoms with Crippen molar-refractivity contribution in [2.75, 3.05) is 6.61 Å². The highest BCUT2D eigenvalue weighted by Gasteiger charge is 2.39. The van der Waals surface area contributed by atoms with Gasteiger partial charge in [-0.15, -0.1) is 0 Å². The zero-order valence-electron chi connectivity index (χ0n) is 12.4. The Balaban J connectivity index is 2.24. The van der Waals surface area contributed by atoms with Crippen molar-refractivity contribution < 1.29 is 13.5 Å². The maximum Gasteiger partial charge on any atom is 0.242 e. The molecule has 1 fully saturated rings. The first-order valence-corrected chi connectivity index (χ1v) is 8.69. The fraction of sp³-hybridized carbons (Fsp3) is 0.500. The van der Waals surface area contributed by atoms with Crippen molar-refractivity contribution in [2.24, 2.45) is 5.92 Å². The molecule has 1 aromatic carbocycles. The normalized spacial score (nSPS) is 20.7. The van der Waals surface area contributed by atoms with Gasteiger partial charge in [-0.1, -0.05) is 31.3 Å². The van der Waals surface area contributed by atoms with E-state index >= 15 is 0 Å². The maximum absolute atomic E-state index is 12.5. The molecule has 1 saturated carbocycles. The van der Waals surface area contributed by atoms with Crippen LogP contribution in [0.25, 0.3) is 0 Å². The van der Waals surface area contributed by atoms with Gasteiger partial charge in [-0.25, -0.2) is 13.1 Å². The summed E-state index contributed by atoms with van der Waals surface area (Å²) in [7, 11) is -3.56. The topological polar surface area (TPSA) is 66.4 Å². The number of aryl methyl sites for hydroxylation is 1. The standard InChI is InChI=1S/C16H21NO3S/c1-3-5-13-11-15(13)17-21(19,20)16-8-7-12(2)10-14(16)6-4-9-18/h7-8,10,13,15,17-18H,3,5,9,11H2,1-2H3. The average molecular weight is 307 g/mol. The summed E-state index contributed by atoms with van der Waals surface area (Å²) >= 11 is 0. The van der Waals surface area contributed by atoms with Gasteiger partial charge in [0.25, 0.3) is 0 Å². The van der Waals surface area contributed by atoms with Crippen molar-refractivity contribution in [1.29, 1.82) is 0 Å². The van der Waals surface area contributed by atoms with Crippen LogP contribution in [0.1, 0.15) is 37.3 Å². The van der Waals surface area contributed by atoms with Crippen LogP contribution in [0, 0.1) is 24.7 Å². The first-order valence-electron chi connectivity index (χ1n) is 7.20. The second-order valence-electron chi connectivity index (χ2n) is 5.47. The minimum absolute atomic E-state index is 0.0508. The molecule has 0 aromatic heterocycles. The van der Waals surface area contributed by atoms with E-state index in [4.69, 9.17) is 5.11 Å². The summed E-state index contributed by atoms with van der Waals surface area (Å²) in [6.45, 7) is 3.70. The largest absolute Gasteiger partial charge is 0.384 e. The summed E-state index contributed by atoms with van der Waals surface area (Å²) in [6, 6.07) is 5.12. The molecule has 1 aliphatic carbocycles. The quantitative estimate of drug-likeness (QED) is 0.815. The monoisotopic (exact) mass is 307 g/mol. The van der Waals surface area contributed by atoms with Crippen molar-refractivity contribution >= 4 is 10.0 Å². The van der Waals surface area contributed by atoms with Crippen molar-refractivity contribution in [2.45, 2.75) is 44.0 Å². The summed E-state index contributed by atoms with van der Waals surface area (Å²) in [4.78, 5) is 0.191. The summed E-state index contributed by atoms with van der Waals surface area (Å²) in [6.07, 6.45) is 3.04. The average Bonchev–Trinajstić information content (AvgIpc) is 3.13. The molecule has 0 aliphatic heterocycles. The predicted molar refractivity (Wildman–Crippen MR) is 82.3 cm³/mol. The van der Waals surface area contributed by atoms with Crippen LogP contribution in [0.2, 0.25) is 0 Å². The number of sulfonamides is 1. The van der Waals surface area contributed by atoms with E-state index in [0.29, 0.717) is 11.5 Å². The van der Waals surface area contributed by atoms with Crippen molar-refractivity contribution in [3.05, 3.63) is 29.3 Å². The molecule has 2 unspecified atom stereocenters. The van der Waals surface area contributed by atoms with Gasteiger partial charge in [0.1, 0.15) is 6.61 Å². The molecule has 2 N–H and O–H groups in total. The molecule has 0 radical (unpaired) electrons. The number of benzene rings is 1. The van der Waals surface area contributed by atoms with E-state index in [9.17, 15) is 8.42 Å². The van der Waals surface area contributed by atoms with Crippen LogP contribution < -0.4 is 4.72 Å². The number of hydrogen-bond donors (Lipinski definition) is 2. The third kappa shape index (κ3) is 4.07. The van der Waals surface area contributed by atoms with Crippen LogP contribution in [0.3, 0.4) is 0 Å². The van der Waals surface area contributed by atoms with Gasteiger partial charge in [0, 0.05) is 11.6 Å². The summed E-state index contributed by atoms with van der Waals surface area (Å²) in [5.74, 6) is 5.70. The van der Waals surface area contributed by atoms with Gasteiger partial charge in [0.15, 0.2) is 0 Å². The zero-order valence-corrected chi connectivity index (χ0v) is 13.2. The highest BCUT2D eigenvalue weighted by Crippen LogP contribution is 2.35. The summed E-state index contributed by atoms with van der Waals surface area (Å²) in [5, 5.41) is 8.80. The highest BCUT2D eigenvalue weighted by atomic mass is 32.2. The van der Waals surface area contributed by atoms with E-state index in [2.05, 4.69) is 23.5 Å². The zero-order chi connectivity index (χ0) is 15.5. The Bertz CT molecular complexity index is 670. The molecule has 0 bridgehead atoms. The molecule has 0 spiro atoms. The molecular weight excluding hydrogens is 286 g/mol. The van der Waals surface area contributed by atoms with Gasteiger partial charge in [0.2, 0.25) is 10.0 Å². The molecule has 2 rings (SSSR count). The van der Waals surface area contributed by atoms with E-state index in [1.165, 1.54) is 0 Å². The Kier molecular flexibility index (Phi) is 5.04. The van der Waals surface area contributed by atoms with Crippen molar-refractivity contribution in [1.82, 2.24) is 4.72 Å². The first kappa shape index (κ1) is 16.0. The van der Waals surface area contributed by atoms with Gasteiger partial charge in [-0.3, -0.25) is 0 Å². The Labute approximate surface area is 126 Å². The summed E-state index contributed by atoms with van der Waals surface area (Å²) < 4.78 is 27.7. The van der Waals surface area contributed by atoms with Crippen molar-refractivity contribution in [3.8, 4) is 11.8 Å². The van der Waals surface area contributed by atoms with Gasteiger partial charge >= 0.3 is 0 Å². The Hall–Kier alpha value is -1.35. The number of nitrogens with one attached hydrogen (secondary N) is 1. The fourth-order valence-electron chi connectivity index (χ4n) is 2.46. The number of rotatable bonds is 5. The number of aliphatic hydroxyl groups is 1. The Morgan fingerprint density at radius 2 is 2.19 bits per heavy atom. The van der Waals surface area contributed by atoms with Crippen molar-refractivity contribution in [3.63, 3.8) is 0 Å². The second-order valence-corrected chi connectivity index (χ2v) is 7.15. The second kappa shape index (κ2) is 6.61. The molecule has 2 atom stereocenters. The summed E-state index contributed by atoms with van der Waals surface area (Å²) in [5.41, 5.74) is 1.37. The SMILES string of the molecule is CCCC1CC1NS(=O)(=O)c1ccc(C)cc1C#CCO. The molecule has 1 aliphatic rings. The van der Waals surface area contributed by atoms with Crippen LogP contribution >= 0.6 is 0 Å². The van der Waals surface area contributed by atoms with E-state index < -0.39 is 10.0 Å². The molecule has 0 amide bonds. The lowest BCUT2D eigenvalue weighted by atomic mass is 10.1. The fourth-order valence-corrected chi connectivity index (χ4v) is 3.92. The minimum Gasteiger partial charge on any atom is -0.384 e. The van der Waals surface area contributed by atoms with Gasteiger partial charge < -0.3 is 5.11 Å². The first-order chi connectivity index (χ1) is 9.97. The van der Waals surface area contributed by atoms with Crippen LogP contribution in [-0.2, 0) is 10.0 Å². The lowest BCUT2D eigenvalue weighted by molar-refractivity contribution is 0.350. The van der Waals surface area contributed by atoms with Crippen LogP contribution in [0.4, 0.5) is 0 Å². The predicted octanol–water partition coefficient (Wildman–Crippen LogP) is 1.81. The Morgan fingerprint density at radius 3 is 2.86 bits per heavy atom. The molecule has 0 saturated heterocycles. The molecule has 21 heavy (non-hydrogen) atoms. The van der Waals surface area contributed by atoms with Crippen LogP contribution in [0.5, 0.6) is 0 Å². The van der Waals surface area contributed by atoms with E-state index in [1.54, 1.807) is 18.2 Å². The van der Waals surface area contributed by atoms with Gasteiger partial charge in [0.05, 0.1) is 4.90 Å². The minimum atomic E-state index is -3.56. The smallest absolute Gasteiger partial charge is 0.242 e. The highest BCUT2D eigenvalue weighted by molar-refractivity contribution is 7.89. The molecule has 5 heteroatoms. The number of aliphatic hydroxyl groups excluding tert-OH is 1.